The Bertz CT molecular complexity index is 977. The highest BCUT2D eigenvalue weighted by molar-refractivity contribution is 6.03. The molecule has 1 aromatic heterocycles. The van der Waals surface area contributed by atoms with Crippen LogP contribution in [0.5, 0.6) is 17.2 Å². The molecule has 0 bridgehead atoms. The summed E-state index contributed by atoms with van der Waals surface area (Å²) in [6, 6.07) is 14.3. The molecule has 8 heteroatoms. The summed E-state index contributed by atoms with van der Waals surface area (Å²) in [6.45, 7) is 0.513. The summed E-state index contributed by atoms with van der Waals surface area (Å²) in [4.78, 5) is 21.1. The summed E-state index contributed by atoms with van der Waals surface area (Å²) >= 11 is 0. The average molecular weight is 394 g/mol. The van der Waals surface area contributed by atoms with E-state index in [1.165, 1.54) is 13.3 Å². The van der Waals surface area contributed by atoms with Crippen LogP contribution in [0.1, 0.15) is 16.1 Å². The fourth-order valence-electron chi connectivity index (χ4n) is 2.59. The molecule has 2 N–H and O–H groups in total. The fraction of sp³-hybridized carbons (Fsp3) is 0.190. The van der Waals surface area contributed by atoms with Gasteiger partial charge in [0, 0.05) is 18.8 Å². The number of methoxy groups -OCH3 is 3. The number of nitrogens with one attached hydrogen (secondary N) is 2. The fourth-order valence-corrected chi connectivity index (χ4v) is 2.59. The van der Waals surface area contributed by atoms with Crippen molar-refractivity contribution in [3.8, 4) is 17.2 Å². The summed E-state index contributed by atoms with van der Waals surface area (Å²) in [7, 11) is 4.71. The van der Waals surface area contributed by atoms with Crippen molar-refractivity contribution in [2.45, 2.75) is 6.54 Å². The molecule has 0 aliphatic carbocycles. The highest BCUT2D eigenvalue weighted by Gasteiger charge is 2.13. The van der Waals surface area contributed by atoms with Gasteiger partial charge < -0.3 is 24.8 Å². The van der Waals surface area contributed by atoms with Crippen molar-refractivity contribution >= 4 is 17.5 Å². The van der Waals surface area contributed by atoms with Crippen molar-refractivity contribution in [1.82, 2.24) is 9.97 Å². The zero-order chi connectivity index (χ0) is 20.6. The molecule has 0 saturated heterocycles. The molecule has 2 aromatic carbocycles. The highest BCUT2D eigenvalue weighted by Crippen LogP contribution is 2.29. The molecule has 0 fully saturated rings. The van der Waals surface area contributed by atoms with Gasteiger partial charge in [0.15, 0.2) is 0 Å². The molecule has 0 saturated carbocycles. The number of hydrogen-bond acceptors (Lipinski definition) is 7. The van der Waals surface area contributed by atoms with E-state index in [9.17, 15) is 4.79 Å². The quantitative estimate of drug-likeness (QED) is 0.605. The number of amides is 1. The highest BCUT2D eigenvalue weighted by atomic mass is 16.5. The van der Waals surface area contributed by atoms with Gasteiger partial charge in [-0.2, -0.15) is 0 Å². The Hall–Kier alpha value is -3.81. The standard InChI is InChI=1S/C21H22N4O4/c1-27-15-6-4-14(5-7-15)13-23-21-22-11-10-17(25-21)20(26)24-18-12-16(28-2)8-9-19(18)29-3/h4-12H,13H2,1-3H3,(H,24,26)(H,22,23,25). The molecule has 3 aromatic rings. The molecule has 0 atom stereocenters. The van der Waals surface area contributed by atoms with Gasteiger partial charge in [0.05, 0.1) is 27.0 Å². The summed E-state index contributed by atoms with van der Waals surface area (Å²) in [5.41, 5.74) is 1.75. The first-order valence-electron chi connectivity index (χ1n) is 8.86. The summed E-state index contributed by atoms with van der Waals surface area (Å²) in [6.07, 6.45) is 1.53. The van der Waals surface area contributed by atoms with Crippen LogP contribution < -0.4 is 24.8 Å². The topological polar surface area (TPSA) is 94.6 Å². The molecule has 29 heavy (non-hydrogen) atoms. The van der Waals surface area contributed by atoms with E-state index in [0.29, 0.717) is 29.7 Å². The first-order valence-corrected chi connectivity index (χ1v) is 8.86. The lowest BCUT2D eigenvalue weighted by Gasteiger charge is -2.12. The van der Waals surface area contributed by atoms with E-state index in [4.69, 9.17) is 14.2 Å². The van der Waals surface area contributed by atoms with Crippen molar-refractivity contribution in [1.29, 1.82) is 0 Å². The lowest BCUT2D eigenvalue weighted by atomic mass is 10.2. The maximum absolute atomic E-state index is 12.6. The number of rotatable bonds is 8. The molecule has 0 aliphatic rings. The van der Waals surface area contributed by atoms with Crippen molar-refractivity contribution < 1.29 is 19.0 Å². The summed E-state index contributed by atoms with van der Waals surface area (Å²) < 4.78 is 15.6. The zero-order valence-electron chi connectivity index (χ0n) is 16.4. The molecule has 0 aliphatic heterocycles. The zero-order valence-corrected chi connectivity index (χ0v) is 16.4. The summed E-state index contributed by atoms with van der Waals surface area (Å²) in [5, 5.41) is 5.90. The Balaban J connectivity index is 1.69. The van der Waals surface area contributed by atoms with Crippen molar-refractivity contribution in [3.63, 3.8) is 0 Å². The van der Waals surface area contributed by atoms with Crippen LogP contribution in [0, 0.1) is 0 Å². The van der Waals surface area contributed by atoms with Gasteiger partial charge in [0.25, 0.3) is 5.91 Å². The Morgan fingerprint density at radius 2 is 1.66 bits per heavy atom. The van der Waals surface area contributed by atoms with E-state index in [-0.39, 0.29) is 11.6 Å². The smallest absolute Gasteiger partial charge is 0.274 e. The van der Waals surface area contributed by atoms with Crippen LogP contribution in [-0.2, 0) is 6.54 Å². The maximum atomic E-state index is 12.6. The number of ether oxygens (including phenoxy) is 3. The number of carbonyl (C=O) groups is 1. The van der Waals surface area contributed by atoms with Crippen LogP contribution in [0.15, 0.2) is 54.7 Å². The number of anilines is 2. The summed E-state index contributed by atoms with van der Waals surface area (Å²) in [5.74, 6) is 1.88. The Morgan fingerprint density at radius 1 is 0.931 bits per heavy atom. The minimum atomic E-state index is -0.383. The van der Waals surface area contributed by atoms with Crippen molar-refractivity contribution in [3.05, 3.63) is 66.0 Å². The van der Waals surface area contributed by atoms with Gasteiger partial charge in [0.2, 0.25) is 5.95 Å². The third-order valence-electron chi connectivity index (χ3n) is 4.15. The van der Waals surface area contributed by atoms with E-state index >= 15 is 0 Å². The van der Waals surface area contributed by atoms with Gasteiger partial charge in [-0.15, -0.1) is 0 Å². The maximum Gasteiger partial charge on any atom is 0.274 e. The third-order valence-corrected chi connectivity index (χ3v) is 4.15. The second-order valence-electron chi connectivity index (χ2n) is 5.99. The predicted octanol–water partition coefficient (Wildman–Crippen LogP) is 3.37. The normalized spacial score (nSPS) is 10.2. The first kappa shape index (κ1) is 19.9. The molecule has 150 valence electrons. The average Bonchev–Trinajstić information content (AvgIpc) is 2.78. The van der Waals surface area contributed by atoms with Gasteiger partial charge in [-0.05, 0) is 35.9 Å². The number of hydrogen-bond donors (Lipinski definition) is 2. The Morgan fingerprint density at radius 3 is 2.34 bits per heavy atom. The largest absolute Gasteiger partial charge is 0.497 e. The van der Waals surface area contributed by atoms with Gasteiger partial charge in [-0.25, -0.2) is 9.97 Å². The molecule has 1 heterocycles. The van der Waals surface area contributed by atoms with Crippen molar-refractivity contribution in [2.24, 2.45) is 0 Å². The molecule has 0 unspecified atom stereocenters. The molecule has 3 rings (SSSR count). The molecule has 1 amide bonds. The lowest BCUT2D eigenvalue weighted by Crippen LogP contribution is -2.16. The van der Waals surface area contributed by atoms with Gasteiger partial charge in [-0.3, -0.25) is 4.79 Å². The van der Waals surface area contributed by atoms with Crippen LogP contribution in [-0.4, -0.2) is 37.2 Å². The monoisotopic (exact) mass is 394 g/mol. The number of aromatic nitrogens is 2. The van der Waals surface area contributed by atoms with Crippen LogP contribution in [0.2, 0.25) is 0 Å². The molecular formula is C21H22N4O4. The van der Waals surface area contributed by atoms with E-state index < -0.39 is 0 Å². The Kier molecular flexibility index (Phi) is 6.47. The molecule has 0 spiro atoms. The lowest BCUT2D eigenvalue weighted by molar-refractivity contribution is 0.102. The van der Waals surface area contributed by atoms with Crippen molar-refractivity contribution in [2.75, 3.05) is 32.0 Å². The minimum absolute atomic E-state index is 0.224. The van der Waals surface area contributed by atoms with Gasteiger partial charge in [-0.1, -0.05) is 12.1 Å². The molecular weight excluding hydrogens is 372 g/mol. The number of benzene rings is 2. The Labute approximate surface area is 168 Å². The SMILES string of the molecule is COc1ccc(CNc2nccc(C(=O)Nc3cc(OC)ccc3OC)n2)cc1. The third kappa shape index (κ3) is 5.13. The number of nitrogens with zero attached hydrogens (tertiary/aromatic N) is 2. The number of carbonyl (C=O) groups excluding carboxylic acids is 1. The first-order chi connectivity index (χ1) is 14.1. The van der Waals surface area contributed by atoms with Gasteiger partial charge >= 0.3 is 0 Å². The van der Waals surface area contributed by atoms with Crippen LogP contribution in [0.3, 0.4) is 0 Å². The van der Waals surface area contributed by atoms with E-state index in [1.54, 1.807) is 38.5 Å². The van der Waals surface area contributed by atoms with Gasteiger partial charge in [0.1, 0.15) is 22.9 Å². The molecule has 8 nitrogen and oxygen atoms in total. The van der Waals surface area contributed by atoms with Crippen LogP contribution >= 0.6 is 0 Å². The van der Waals surface area contributed by atoms with E-state index in [1.807, 2.05) is 24.3 Å². The molecule has 0 radical (unpaired) electrons. The minimum Gasteiger partial charge on any atom is -0.497 e. The second kappa shape index (κ2) is 9.41. The van der Waals surface area contributed by atoms with E-state index in [0.717, 1.165) is 11.3 Å². The van der Waals surface area contributed by atoms with Crippen LogP contribution in [0.4, 0.5) is 11.6 Å². The predicted molar refractivity (Wildman–Crippen MR) is 110 cm³/mol. The van der Waals surface area contributed by atoms with Crippen LogP contribution in [0.25, 0.3) is 0 Å². The van der Waals surface area contributed by atoms with E-state index in [2.05, 4.69) is 20.6 Å². The second-order valence-corrected chi connectivity index (χ2v) is 5.99.